The molecule has 2 rings (SSSR count). The van der Waals surface area contributed by atoms with Gasteiger partial charge in [-0.2, -0.15) is 5.70 Å². The van der Waals surface area contributed by atoms with Crippen molar-refractivity contribution in [2.24, 2.45) is 0 Å². The van der Waals surface area contributed by atoms with Crippen LogP contribution in [0, 0.1) is 0 Å². The second-order valence-corrected chi connectivity index (χ2v) is 26.2. The van der Waals surface area contributed by atoms with Crippen LogP contribution in [0.1, 0.15) is 19.3 Å². The number of hydrogen-bond donors (Lipinski definition) is 0. The third-order valence-corrected chi connectivity index (χ3v) is 2.36. The van der Waals surface area contributed by atoms with Crippen LogP contribution < -0.4 is 0 Å². The molecule has 0 aliphatic carbocycles. The molecule has 2 aliphatic rings. The molecular formula is C12H20Cl2N2Sn-2. The molecule has 1 saturated heterocycles. The van der Waals surface area contributed by atoms with Crippen molar-refractivity contribution in [3.63, 3.8) is 0 Å². The molecule has 0 radical (unpaired) electrons. The zero-order valence-electron chi connectivity index (χ0n) is 10.5. The number of rotatable bonds is 1. The summed E-state index contributed by atoms with van der Waals surface area (Å²) in [6.07, 6.45) is 10.0. The normalized spacial score (nSPS) is 24.2. The second-order valence-electron chi connectivity index (χ2n) is 4.61. The molecular weight excluding hydrogens is 362 g/mol. The minimum absolute atomic E-state index is 0.406. The van der Waals surface area contributed by atoms with Crippen LogP contribution in [0.3, 0.4) is 0 Å². The summed E-state index contributed by atoms with van der Waals surface area (Å²) < 4.78 is 0. The van der Waals surface area contributed by atoms with Crippen molar-refractivity contribution in [3.8, 4) is 0 Å². The Balaban J connectivity index is 0.000000249. The molecule has 0 spiro atoms. The van der Waals surface area contributed by atoms with Crippen molar-refractivity contribution < 1.29 is 0 Å². The minimum atomic E-state index is -2.24. The Kier molecular flexibility index (Phi) is 7.31. The van der Waals surface area contributed by atoms with E-state index in [9.17, 15) is 0 Å². The molecule has 1 fully saturated rings. The summed E-state index contributed by atoms with van der Waals surface area (Å²) in [6, 6.07) is 0.406. The first-order valence-corrected chi connectivity index (χ1v) is 19.0. The van der Waals surface area contributed by atoms with Gasteiger partial charge in [0, 0.05) is 0 Å². The van der Waals surface area contributed by atoms with Gasteiger partial charge in [-0.05, 0) is 0 Å². The molecule has 0 bridgehead atoms. The average molecular weight is 382 g/mol. The van der Waals surface area contributed by atoms with Crippen LogP contribution >= 0.6 is 17.8 Å². The summed E-state index contributed by atoms with van der Waals surface area (Å²) in [5.74, 6) is 0. The maximum absolute atomic E-state index is 5.51. The molecule has 2 heterocycles. The van der Waals surface area contributed by atoms with E-state index in [0.717, 1.165) is 13.1 Å². The molecule has 17 heavy (non-hydrogen) atoms. The zero-order chi connectivity index (χ0) is 12.7. The standard InChI is InChI=1S/C10H14N2.2CH3.2ClH.Sn/c1-3-7-11-9(5-1)10-6-2-4-8-12-10;;;;;/h1,3,5,10H,2,4,6-8H2;2*1H3;2*1H;/q-2;;;;;+2/p-2. The molecule has 2 nitrogen and oxygen atoms in total. The number of allylic oxidation sites excluding steroid dienone is 2. The Hall–Kier alpha value is 0.619. The summed E-state index contributed by atoms with van der Waals surface area (Å²) in [5, 5.41) is 8.99. The summed E-state index contributed by atoms with van der Waals surface area (Å²) in [7, 11) is 11.0. The molecule has 0 N–H and O–H groups in total. The first-order chi connectivity index (χ1) is 7.97. The Morgan fingerprint density at radius 1 is 1.29 bits per heavy atom. The molecule has 0 saturated carbocycles. The molecule has 5 heteroatoms. The second kappa shape index (κ2) is 7.92. The monoisotopic (exact) mass is 382 g/mol. The fourth-order valence-corrected chi connectivity index (χ4v) is 1.68. The Morgan fingerprint density at radius 3 is 2.47 bits per heavy atom. The van der Waals surface area contributed by atoms with Gasteiger partial charge in [0.15, 0.2) is 0 Å². The van der Waals surface area contributed by atoms with E-state index < -0.39 is 16.1 Å². The van der Waals surface area contributed by atoms with Crippen LogP contribution in [0.25, 0.3) is 10.6 Å². The molecule has 98 valence electrons. The first-order valence-electron chi connectivity index (χ1n) is 6.05. The van der Waals surface area contributed by atoms with Crippen LogP contribution in [0.15, 0.2) is 23.9 Å². The Morgan fingerprint density at radius 2 is 2.00 bits per heavy atom. The predicted octanol–water partition coefficient (Wildman–Crippen LogP) is 4.91. The van der Waals surface area contributed by atoms with Crippen molar-refractivity contribution in [2.75, 3.05) is 13.1 Å². The fraction of sp³-hybridized carbons (Fsp3) is 0.667. The van der Waals surface area contributed by atoms with Gasteiger partial charge in [-0.25, -0.2) is 0 Å². The van der Waals surface area contributed by atoms with E-state index in [0.29, 0.717) is 6.04 Å². The number of halogens is 2. The van der Waals surface area contributed by atoms with Crippen LogP contribution in [-0.2, 0) is 0 Å². The molecule has 0 aromatic carbocycles. The van der Waals surface area contributed by atoms with Gasteiger partial charge >= 0.3 is 43.8 Å². The van der Waals surface area contributed by atoms with Crippen molar-refractivity contribution in [3.05, 3.63) is 34.6 Å². The van der Waals surface area contributed by atoms with Crippen LogP contribution in [0.4, 0.5) is 0 Å². The summed E-state index contributed by atoms with van der Waals surface area (Å²) in [4.78, 5) is 3.86. The molecule has 2 aliphatic heterocycles. The molecule has 0 aromatic rings. The molecule has 1 unspecified atom stereocenters. The van der Waals surface area contributed by atoms with Crippen molar-refractivity contribution in [1.29, 1.82) is 0 Å². The maximum atomic E-state index is 5.51. The van der Waals surface area contributed by atoms with E-state index in [4.69, 9.17) is 17.8 Å². The van der Waals surface area contributed by atoms with E-state index >= 15 is 0 Å². The van der Waals surface area contributed by atoms with Crippen LogP contribution in [0.2, 0.25) is 9.88 Å². The third kappa shape index (κ3) is 8.35. The zero-order valence-corrected chi connectivity index (χ0v) is 14.9. The van der Waals surface area contributed by atoms with Gasteiger partial charge in [-0.15, -0.1) is 25.2 Å². The van der Waals surface area contributed by atoms with E-state index in [1.165, 1.54) is 25.0 Å². The van der Waals surface area contributed by atoms with Gasteiger partial charge < -0.3 is 10.6 Å². The number of hydrogen-bond acceptors (Lipinski definition) is 0. The molecule has 0 amide bonds. The van der Waals surface area contributed by atoms with Crippen molar-refractivity contribution >= 4 is 34.0 Å². The van der Waals surface area contributed by atoms with Gasteiger partial charge in [0.1, 0.15) is 0 Å². The Bertz CT molecular complexity index is 273. The molecule has 1 atom stereocenters. The summed E-state index contributed by atoms with van der Waals surface area (Å²) in [6.45, 7) is 1.87. The topological polar surface area (TPSA) is 28.2 Å². The first kappa shape index (κ1) is 15.7. The van der Waals surface area contributed by atoms with E-state index in [-0.39, 0.29) is 0 Å². The van der Waals surface area contributed by atoms with E-state index in [1.807, 2.05) is 9.88 Å². The molecule has 0 aromatic heterocycles. The van der Waals surface area contributed by atoms with E-state index in [2.05, 4.69) is 28.9 Å². The van der Waals surface area contributed by atoms with E-state index in [1.54, 1.807) is 0 Å². The predicted molar refractivity (Wildman–Crippen MR) is 80.5 cm³/mol. The van der Waals surface area contributed by atoms with Gasteiger partial charge in [0.2, 0.25) is 0 Å². The summed E-state index contributed by atoms with van der Waals surface area (Å²) in [5.41, 5.74) is 1.19. The number of piperidine rings is 1. The quantitative estimate of drug-likeness (QED) is 0.577. The van der Waals surface area contributed by atoms with Crippen molar-refractivity contribution in [2.45, 2.75) is 35.2 Å². The fourth-order valence-electron chi connectivity index (χ4n) is 1.68. The van der Waals surface area contributed by atoms with Gasteiger partial charge in [-0.3, -0.25) is 0 Å². The average Bonchev–Trinajstić information content (AvgIpc) is 2.29. The Labute approximate surface area is 116 Å². The SMILES string of the molecule is C1=CC[N-]C(C2CCCC[N-]2)=C1.[CH3][Sn]([CH3])([Cl])[Cl]. The van der Waals surface area contributed by atoms with Crippen molar-refractivity contribution in [1.82, 2.24) is 0 Å². The van der Waals surface area contributed by atoms with Crippen LogP contribution in [-0.4, -0.2) is 35.3 Å². The summed E-state index contributed by atoms with van der Waals surface area (Å²) >= 11 is -2.24. The van der Waals surface area contributed by atoms with Gasteiger partial charge in [0.25, 0.3) is 0 Å². The number of nitrogens with zero attached hydrogens (tertiary/aromatic N) is 2. The van der Waals surface area contributed by atoms with Gasteiger partial charge in [0.05, 0.1) is 0 Å². The third-order valence-electron chi connectivity index (χ3n) is 2.36. The van der Waals surface area contributed by atoms with Gasteiger partial charge in [-0.1, -0.05) is 31.4 Å². The van der Waals surface area contributed by atoms with Crippen LogP contribution in [0.5, 0.6) is 0 Å².